The molecule has 1 rings (SSSR count). The standard InChI is InChI=1S/C13H20FNO/c1-4-10(2)15(3)9-13(16)11-5-7-12(14)8-6-11/h5-8,10,13,16H,4,9H2,1-3H3. The van der Waals surface area contributed by atoms with Crippen molar-refractivity contribution in [2.75, 3.05) is 13.6 Å². The van der Waals surface area contributed by atoms with Crippen LogP contribution in [0, 0.1) is 5.82 Å². The molecule has 0 aliphatic carbocycles. The van der Waals surface area contributed by atoms with Crippen LogP contribution in [0.15, 0.2) is 24.3 Å². The highest BCUT2D eigenvalue weighted by atomic mass is 19.1. The molecule has 0 fully saturated rings. The van der Waals surface area contributed by atoms with E-state index in [2.05, 4.69) is 18.7 Å². The molecule has 16 heavy (non-hydrogen) atoms. The number of hydrogen-bond acceptors (Lipinski definition) is 2. The molecule has 0 aromatic heterocycles. The Balaban J connectivity index is 2.58. The number of halogens is 1. The van der Waals surface area contributed by atoms with Gasteiger partial charge in [0.05, 0.1) is 6.10 Å². The fraction of sp³-hybridized carbons (Fsp3) is 0.538. The molecule has 0 aliphatic rings. The summed E-state index contributed by atoms with van der Waals surface area (Å²) < 4.78 is 12.7. The molecule has 0 aliphatic heterocycles. The van der Waals surface area contributed by atoms with Crippen molar-refractivity contribution in [3.05, 3.63) is 35.6 Å². The number of likely N-dealkylation sites (N-methyl/N-ethyl adjacent to an activating group) is 1. The maximum atomic E-state index is 12.7. The second-order valence-corrected chi connectivity index (χ2v) is 4.26. The molecule has 3 heteroatoms. The average Bonchev–Trinajstić information content (AvgIpc) is 2.28. The van der Waals surface area contributed by atoms with Gasteiger partial charge in [0.15, 0.2) is 0 Å². The van der Waals surface area contributed by atoms with Crippen molar-refractivity contribution >= 4 is 0 Å². The molecule has 2 unspecified atom stereocenters. The molecule has 2 atom stereocenters. The third kappa shape index (κ3) is 3.58. The van der Waals surface area contributed by atoms with Crippen molar-refractivity contribution in [3.63, 3.8) is 0 Å². The average molecular weight is 225 g/mol. The first kappa shape index (κ1) is 13.1. The van der Waals surface area contributed by atoms with Crippen LogP contribution in [0.2, 0.25) is 0 Å². The molecule has 1 aromatic carbocycles. The van der Waals surface area contributed by atoms with E-state index in [1.807, 2.05) is 7.05 Å². The lowest BCUT2D eigenvalue weighted by molar-refractivity contribution is 0.107. The molecule has 0 radical (unpaired) electrons. The quantitative estimate of drug-likeness (QED) is 0.832. The second kappa shape index (κ2) is 5.97. The van der Waals surface area contributed by atoms with E-state index in [0.29, 0.717) is 12.6 Å². The highest BCUT2D eigenvalue weighted by Crippen LogP contribution is 2.15. The van der Waals surface area contributed by atoms with Crippen LogP contribution in [0.3, 0.4) is 0 Å². The van der Waals surface area contributed by atoms with Gasteiger partial charge in [-0.1, -0.05) is 19.1 Å². The lowest BCUT2D eigenvalue weighted by Crippen LogP contribution is -2.32. The fourth-order valence-electron chi connectivity index (χ4n) is 1.55. The SMILES string of the molecule is CCC(C)N(C)CC(O)c1ccc(F)cc1. The van der Waals surface area contributed by atoms with Gasteiger partial charge in [-0.2, -0.15) is 0 Å². The summed E-state index contributed by atoms with van der Waals surface area (Å²) in [4.78, 5) is 2.11. The zero-order chi connectivity index (χ0) is 12.1. The Bertz CT molecular complexity index is 312. The minimum Gasteiger partial charge on any atom is -0.387 e. The van der Waals surface area contributed by atoms with E-state index in [-0.39, 0.29) is 5.82 Å². The highest BCUT2D eigenvalue weighted by Gasteiger charge is 2.13. The monoisotopic (exact) mass is 225 g/mol. The van der Waals surface area contributed by atoms with Gasteiger partial charge in [0.25, 0.3) is 0 Å². The summed E-state index contributed by atoms with van der Waals surface area (Å²) in [6.45, 7) is 4.81. The van der Waals surface area contributed by atoms with Gasteiger partial charge in [0, 0.05) is 12.6 Å². The van der Waals surface area contributed by atoms with Gasteiger partial charge in [-0.3, -0.25) is 0 Å². The number of benzene rings is 1. The Kier molecular flexibility index (Phi) is 4.90. The van der Waals surface area contributed by atoms with Crippen molar-refractivity contribution < 1.29 is 9.50 Å². The summed E-state index contributed by atoms with van der Waals surface area (Å²) in [5.74, 6) is -0.272. The number of rotatable bonds is 5. The summed E-state index contributed by atoms with van der Waals surface area (Å²) in [7, 11) is 1.99. The molecule has 1 aromatic rings. The van der Waals surface area contributed by atoms with Crippen LogP contribution in [-0.2, 0) is 0 Å². The Morgan fingerprint density at radius 2 is 1.88 bits per heavy atom. The maximum absolute atomic E-state index is 12.7. The van der Waals surface area contributed by atoms with E-state index < -0.39 is 6.10 Å². The molecular weight excluding hydrogens is 205 g/mol. The first-order valence-corrected chi connectivity index (χ1v) is 5.68. The van der Waals surface area contributed by atoms with Gasteiger partial charge in [0.2, 0.25) is 0 Å². The van der Waals surface area contributed by atoms with Gasteiger partial charge >= 0.3 is 0 Å². The van der Waals surface area contributed by atoms with Crippen molar-refractivity contribution in [2.45, 2.75) is 32.4 Å². The van der Waals surface area contributed by atoms with Crippen LogP contribution in [0.4, 0.5) is 4.39 Å². The summed E-state index contributed by atoms with van der Waals surface area (Å²) in [6.07, 6.45) is 0.492. The van der Waals surface area contributed by atoms with Crippen LogP contribution in [-0.4, -0.2) is 29.6 Å². The number of hydrogen-bond donors (Lipinski definition) is 1. The van der Waals surface area contributed by atoms with Crippen molar-refractivity contribution in [2.24, 2.45) is 0 Å². The first-order chi connectivity index (χ1) is 7.54. The third-order valence-corrected chi connectivity index (χ3v) is 3.06. The summed E-state index contributed by atoms with van der Waals surface area (Å²) >= 11 is 0. The van der Waals surface area contributed by atoms with Crippen LogP contribution >= 0.6 is 0 Å². The minimum absolute atomic E-state index is 0.272. The van der Waals surface area contributed by atoms with Crippen LogP contribution in [0.1, 0.15) is 31.9 Å². The van der Waals surface area contributed by atoms with Crippen LogP contribution in [0.25, 0.3) is 0 Å². The summed E-state index contributed by atoms with van der Waals surface area (Å²) in [5.41, 5.74) is 0.761. The van der Waals surface area contributed by atoms with E-state index in [1.54, 1.807) is 12.1 Å². The molecule has 0 heterocycles. The molecule has 0 amide bonds. The van der Waals surface area contributed by atoms with E-state index >= 15 is 0 Å². The van der Waals surface area contributed by atoms with Crippen molar-refractivity contribution in [1.29, 1.82) is 0 Å². The lowest BCUT2D eigenvalue weighted by atomic mass is 10.1. The Hall–Kier alpha value is -0.930. The Morgan fingerprint density at radius 3 is 2.38 bits per heavy atom. The smallest absolute Gasteiger partial charge is 0.123 e. The molecule has 2 nitrogen and oxygen atoms in total. The zero-order valence-corrected chi connectivity index (χ0v) is 10.2. The molecule has 1 N–H and O–H groups in total. The predicted octanol–water partition coefficient (Wildman–Crippen LogP) is 2.59. The topological polar surface area (TPSA) is 23.5 Å². The van der Waals surface area contributed by atoms with Gasteiger partial charge in [-0.05, 0) is 38.1 Å². The van der Waals surface area contributed by atoms with Gasteiger partial charge < -0.3 is 10.0 Å². The van der Waals surface area contributed by atoms with Crippen molar-refractivity contribution in [1.82, 2.24) is 4.90 Å². The normalized spacial score (nSPS) is 15.1. The summed E-state index contributed by atoms with van der Waals surface area (Å²) in [6, 6.07) is 6.45. The largest absolute Gasteiger partial charge is 0.387 e. The molecule has 90 valence electrons. The van der Waals surface area contributed by atoms with E-state index in [9.17, 15) is 9.50 Å². The molecule has 0 saturated carbocycles. The molecule has 0 saturated heterocycles. The Morgan fingerprint density at radius 1 is 1.31 bits per heavy atom. The highest BCUT2D eigenvalue weighted by molar-refractivity contribution is 5.18. The van der Waals surface area contributed by atoms with Crippen LogP contribution in [0.5, 0.6) is 0 Å². The Labute approximate surface area is 96.7 Å². The molecule has 0 spiro atoms. The first-order valence-electron chi connectivity index (χ1n) is 5.68. The lowest BCUT2D eigenvalue weighted by Gasteiger charge is -2.26. The van der Waals surface area contributed by atoms with Gasteiger partial charge in [-0.25, -0.2) is 4.39 Å². The minimum atomic E-state index is -0.556. The van der Waals surface area contributed by atoms with Gasteiger partial charge in [-0.15, -0.1) is 0 Å². The number of nitrogens with zero attached hydrogens (tertiary/aromatic N) is 1. The van der Waals surface area contributed by atoms with Crippen LogP contribution < -0.4 is 0 Å². The predicted molar refractivity (Wildman–Crippen MR) is 63.7 cm³/mol. The molecule has 0 bridgehead atoms. The molecular formula is C13H20FNO. The second-order valence-electron chi connectivity index (χ2n) is 4.26. The fourth-order valence-corrected chi connectivity index (χ4v) is 1.55. The number of aliphatic hydroxyl groups is 1. The van der Waals surface area contributed by atoms with E-state index in [1.165, 1.54) is 12.1 Å². The third-order valence-electron chi connectivity index (χ3n) is 3.06. The number of aliphatic hydroxyl groups excluding tert-OH is 1. The zero-order valence-electron chi connectivity index (χ0n) is 10.2. The van der Waals surface area contributed by atoms with Crippen molar-refractivity contribution in [3.8, 4) is 0 Å². The van der Waals surface area contributed by atoms with Gasteiger partial charge in [0.1, 0.15) is 5.82 Å². The van der Waals surface area contributed by atoms with E-state index in [0.717, 1.165) is 12.0 Å². The van der Waals surface area contributed by atoms with E-state index in [4.69, 9.17) is 0 Å². The summed E-state index contributed by atoms with van der Waals surface area (Å²) in [5, 5.41) is 9.96. The maximum Gasteiger partial charge on any atom is 0.123 e.